The predicted octanol–water partition coefficient (Wildman–Crippen LogP) is 1.66. The van der Waals surface area contributed by atoms with Crippen molar-refractivity contribution in [2.75, 3.05) is 12.3 Å². The molecule has 3 atom stereocenters. The quantitative estimate of drug-likeness (QED) is 0.627. The molecule has 24 heavy (non-hydrogen) atoms. The van der Waals surface area contributed by atoms with Gasteiger partial charge in [-0.05, 0) is 23.8 Å². The minimum Gasteiger partial charge on any atom is -0.435 e. The molecular formula is C17H17N3O4. The number of nitrogens with two attached hydrogens (primary N) is 1. The van der Waals surface area contributed by atoms with Crippen molar-refractivity contribution in [3.8, 4) is 11.6 Å². The largest absolute Gasteiger partial charge is 0.435 e. The molecule has 7 nitrogen and oxygen atoms in total. The molecule has 4 rings (SSSR count). The molecule has 0 aliphatic carbocycles. The number of oxazole rings is 1. The first-order chi connectivity index (χ1) is 11.6. The number of nitrogens with zero attached hydrogens (tertiary/aromatic N) is 2. The van der Waals surface area contributed by atoms with Crippen LogP contribution in [0.1, 0.15) is 18.1 Å². The Kier molecular flexibility index (Phi) is 3.68. The third-order valence-electron chi connectivity index (χ3n) is 4.19. The van der Waals surface area contributed by atoms with E-state index in [4.69, 9.17) is 20.0 Å². The third kappa shape index (κ3) is 2.62. The van der Waals surface area contributed by atoms with Gasteiger partial charge in [0.15, 0.2) is 5.58 Å². The van der Waals surface area contributed by atoms with Gasteiger partial charge in [-0.25, -0.2) is 4.98 Å². The number of fused-ring (bicyclic) bond motifs is 1. The predicted molar refractivity (Wildman–Crippen MR) is 87.0 cm³/mol. The molecule has 0 radical (unpaired) electrons. The second-order valence-corrected chi connectivity index (χ2v) is 5.87. The highest BCUT2D eigenvalue weighted by Crippen LogP contribution is 2.33. The SMILES string of the molecule is Nc1ccc2nc(-c3ccc(C4CC(O)[C@@H](CO)O4)cn3)oc2c1. The summed E-state index contributed by atoms with van der Waals surface area (Å²) in [7, 11) is 0. The van der Waals surface area contributed by atoms with Crippen molar-refractivity contribution < 1.29 is 19.4 Å². The van der Waals surface area contributed by atoms with Gasteiger partial charge in [-0.2, -0.15) is 0 Å². The molecule has 2 aromatic heterocycles. The molecule has 3 heterocycles. The van der Waals surface area contributed by atoms with E-state index in [9.17, 15) is 5.11 Å². The van der Waals surface area contributed by atoms with Gasteiger partial charge in [0, 0.05) is 24.4 Å². The van der Waals surface area contributed by atoms with Crippen LogP contribution in [0.2, 0.25) is 0 Å². The fourth-order valence-electron chi connectivity index (χ4n) is 2.88. The van der Waals surface area contributed by atoms with E-state index in [1.807, 2.05) is 6.07 Å². The molecule has 0 saturated carbocycles. The van der Waals surface area contributed by atoms with Gasteiger partial charge in [0.05, 0.1) is 18.8 Å². The van der Waals surface area contributed by atoms with Gasteiger partial charge in [0.2, 0.25) is 5.89 Å². The highest BCUT2D eigenvalue weighted by atomic mass is 16.5. The van der Waals surface area contributed by atoms with Crippen molar-refractivity contribution in [1.29, 1.82) is 0 Å². The van der Waals surface area contributed by atoms with E-state index >= 15 is 0 Å². The van der Waals surface area contributed by atoms with Crippen LogP contribution < -0.4 is 5.73 Å². The molecular weight excluding hydrogens is 310 g/mol. The Balaban J connectivity index is 1.59. The zero-order valence-corrected chi connectivity index (χ0v) is 12.8. The van der Waals surface area contributed by atoms with Crippen LogP contribution in [-0.2, 0) is 4.74 Å². The molecule has 2 unspecified atom stereocenters. The molecule has 0 spiro atoms. The van der Waals surface area contributed by atoms with Crippen LogP contribution in [0.25, 0.3) is 22.7 Å². The number of anilines is 1. The van der Waals surface area contributed by atoms with Gasteiger partial charge in [0.1, 0.15) is 17.3 Å². The molecule has 1 aliphatic rings. The van der Waals surface area contributed by atoms with Crippen LogP contribution in [0.15, 0.2) is 40.9 Å². The number of hydrogen-bond donors (Lipinski definition) is 3. The summed E-state index contributed by atoms with van der Waals surface area (Å²) in [5.74, 6) is 0.419. The number of ether oxygens (including phenoxy) is 1. The Bertz CT molecular complexity index is 862. The molecule has 1 saturated heterocycles. The summed E-state index contributed by atoms with van der Waals surface area (Å²) in [4.78, 5) is 8.78. The summed E-state index contributed by atoms with van der Waals surface area (Å²) in [6, 6.07) is 8.96. The molecule has 4 N–H and O–H groups in total. The first kappa shape index (κ1) is 15.1. The van der Waals surface area contributed by atoms with E-state index in [1.165, 1.54) is 0 Å². The van der Waals surface area contributed by atoms with E-state index in [0.29, 0.717) is 29.3 Å². The zero-order valence-electron chi connectivity index (χ0n) is 12.8. The maximum atomic E-state index is 9.82. The highest BCUT2D eigenvalue weighted by Gasteiger charge is 2.34. The minimum atomic E-state index is -0.665. The van der Waals surface area contributed by atoms with Crippen molar-refractivity contribution >= 4 is 16.8 Å². The number of aromatic nitrogens is 2. The Morgan fingerprint density at radius 2 is 2.12 bits per heavy atom. The normalized spacial score (nSPS) is 23.8. The Hall–Kier alpha value is -2.48. The smallest absolute Gasteiger partial charge is 0.246 e. The van der Waals surface area contributed by atoms with E-state index in [-0.39, 0.29) is 12.7 Å². The number of hydrogen-bond acceptors (Lipinski definition) is 7. The lowest BCUT2D eigenvalue weighted by atomic mass is 10.1. The first-order valence-corrected chi connectivity index (χ1v) is 7.71. The summed E-state index contributed by atoms with van der Waals surface area (Å²) in [6.45, 7) is -0.199. The lowest BCUT2D eigenvalue weighted by molar-refractivity contribution is -0.0226. The number of pyridine rings is 1. The van der Waals surface area contributed by atoms with Crippen molar-refractivity contribution in [1.82, 2.24) is 9.97 Å². The van der Waals surface area contributed by atoms with Crippen molar-refractivity contribution in [2.24, 2.45) is 0 Å². The summed E-state index contributed by atoms with van der Waals surface area (Å²) in [5, 5.41) is 19.0. The maximum Gasteiger partial charge on any atom is 0.246 e. The van der Waals surface area contributed by atoms with Crippen LogP contribution in [-0.4, -0.2) is 39.0 Å². The number of rotatable bonds is 3. The molecule has 1 aromatic carbocycles. The molecule has 0 bridgehead atoms. The summed E-state index contributed by atoms with van der Waals surface area (Å²) in [6.07, 6.45) is 0.630. The Labute approximate surface area is 137 Å². The number of aliphatic hydroxyl groups is 2. The van der Waals surface area contributed by atoms with Crippen LogP contribution in [0.4, 0.5) is 5.69 Å². The third-order valence-corrected chi connectivity index (χ3v) is 4.19. The zero-order chi connectivity index (χ0) is 16.7. The molecule has 0 amide bonds. The lowest BCUT2D eigenvalue weighted by Gasteiger charge is -2.12. The average molecular weight is 327 g/mol. The van der Waals surface area contributed by atoms with Crippen LogP contribution in [0.5, 0.6) is 0 Å². The summed E-state index contributed by atoms with van der Waals surface area (Å²) >= 11 is 0. The first-order valence-electron chi connectivity index (χ1n) is 7.71. The summed E-state index contributed by atoms with van der Waals surface area (Å²) < 4.78 is 11.3. The molecule has 124 valence electrons. The topological polar surface area (TPSA) is 115 Å². The van der Waals surface area contributed by atoms with Crippen molar-refractivity contribution in [2.45, 2.75) is 24.7 Å². The van der Waals surface area contributed by atoms with Crippen molar-refractivity contribution in [3.05, 3.63) is 42.1 Å². The van der Waals surface area contributed by atoms with Gasteiger partial charge in [0.25, 0.3) is 0 Å². The second-order valence-electron chi connectivity index (χ2n) is 5.87. The lowest BCUT2D eigenvalue weighted by Crippen LogP contribution is -2.24. The highest BCUT2D eigenvalue weighted by molar-refractivity contribution is 5.78. The van der Waals surface area contributed by atoms with Gasteiger partial charge in [-0.15, -0.1) is 0 Å². The van der Waals surface area contributed by atoms with Gasteiger partial charge < -0.3 is 25.1 Å². The van der Waals surface area contributed by atoms with Gasteiger partial charge in [-0.3, -0.25) is 4.98 Å². The van der Waals surface area contributed by atoms with Crippen LogP contribution >= 0.6 is 0 Å². The van der Waals surface area contributed by atoms with E-state index in [0.717, 1.165) is 11.1 Å². The van der Waals surface area contributed by atoms with Crippen molar-refractivity contribution in [3.63, 3.8) is 0 Å². The Morgan fingerprint density at radius 1 is 1.25 bits per heavy atom. The fourth-order valence-corrected chi connectivity index (χ4v) is 2.88. The molecule has 7 heteroatoms. The van der Waals surface area contributed by atoms with Gasteiger partial charge in [-0.1, -0.05) is 6.07 Å². The number of benzene rings is 1. The van der Waals surface area contributed by atoms with E-state index < -0.39 is 12.2 Å². The van der Waals surface area contributed by atoms with Crippen LogP contribution in [0.3, 0.4) is 0 Å². The van der Waals surface area contributed by atoms with E-state index in [1.54, 1.807) is 30.5 Å². The minimum absolute atomic E-state index is 0.199. The molecule has 1 fully saturated rings. The molecule has 3 aromatic rings. The summed E-state index contributed by atoms with van der Waals surface area (Å²) in [5.41, 5.74) is 9.13. The number of nitrogen functional groups attached to an aromatic ring is 1. The van der Waals surface area contributed by atoms with E-state index in [2.05, 4.69) is 9.97 Å². The monoisotopic (exact) mass is 327 g/mol. The van der Waals surface area contributed by atoms with Crippen LogP contribution in [0, 0.1) is 0 Å². The fraction of sp³-hybridized carbons (Fsp3) is 0.294. The number of aliphatic hydroxyl groups excluding tert-OH is 2. The maximum absolute atomic E-state index is 9.82. The second kappa shape index (κ2) is 5.86. The van der Waals surface area contributed by atoms with Gasteiger partial charge >= 0.3 is 0 Å². The average Bonchev–Trinajstić information content (AvgIpc) is 3.17. The standard InChI is InChI=1S/C17H17N3O4/c18-10-2-4-11-15(5-10)24-17(20-11)12-3-1-9(7-19-12)14-6-13(22)16(8-21)23-14/h1-5,7,13-14,16,21-22H,6,8,18H2/t13?,14?,16-/m1/s1. The molecule has 1 aliphatic heterocycles. The Morgan fingerprint density at radius 3 is 2.83 bits per heavy atom.